The highest BCUT2D eigenvalue weighted by atomic mass is 79.9. The van der Waals surface area contributed by atoms with Gasteiger partial charge in [-0.05, 0) is 40.2 Å². The lowest BCUT2D eigenvalue weighted by Crippen LogP contribution is -2.24. The molecule has 0 fully saturated rings. The maximum Gasteiger partial charge on any atom is 0.253 e. The first-order chi connectivity index (χ1) is 11.6. The van der Waals surface area contributed by atoms with E-state index in [9.17, 15) is 9.59 Å². The number of amides is 2. The maximum absolute atomic E-state index is 11.9. The van der Waals surface area contributed by atoms with E-state index >= 15 is 0 Å². The van der Waals surface area contributed by atoms with Gasteiger partial charge in [0.05, 0.1) is 17.7 Å². The predicted octanol–water partition coefficient (Wildman–Crippen LogP) is 2.36. The maximum atomic E-state index is 11.9. The smallest absolute Gasteiger partial charge is 0.253 e. The average molecular weight is 387 g/mol. The van der Waals surface area contributed by atoms with Crippen LogP contribution >= 0.6 is 15.9 Å². The first kappa shape index (κ1) is 17.6. The van der Waals surface area contributed by atoms with Crippen LogP contribution in [-0.4, -0.2) is 25.0 Å². The van der Waals surface area contributed by atoms with Crippen LogP contribution in [-0.2, 0) is 0 Å². The van der Waals surface area contributed by atoms with Gasteiger partial charge in [0, 0.05) is 4.47 Å². The third-order valence-electron chi connectivity index (χ3n) is 3.03. The minimum absolute atomic E-state index is 0.0925. The highest BCUT2D eigenvalue weighted by Crippen LogP contribution is 2.17. The standard InChI is InChI=1S/C18H15BrN2O3/c19-15-9-3-1-7-13(15)18(23)21-11-5-6-12-24-16-10-4-2-8-14(16)17(20)22/h1-4,7-10H,11-12H2,(H2,20,22)(H,21,23). The van der Waals surface area contributed by atoms with Crippen LogP contribution in [0.25, 0.3) is 0 Å². The number of hydrogen-bond acceptors (Lipinski definition) is 3. The summed E-state index contributed by atoms with van der Waals surface area (Å²) in [7, 11) is 0. The Morgan fingerprint density at radius 1 is 1.04 bits per heavy atom. The molecule has 0 aliphatic heterocycles. The van der Waals surface area contributed by atoms with Crippen molar-refractivity contribution in [3.63, 3.8) is 0 Å². The van der Waals surface area contributed by atoms with Gasteiger partial charge in [0.2, 0.25) is 0 Å². The van der Waals surface area contributed by atoms with E-state index in [0.717, 1.165) is 4.47 Å². The van der Waals surface area contributed by atoms with Gasteiger partial charge in [-0.1, -0.05) is 36.1 Å². The Bertz CT molecular complexity index is 809. The van der Waals surface area contributed by atoms with Crippen LogP contribution in [0.5, 0.6) is 5.75 Å². The summed E-state index contributed by atoms with van der Waals surface area (Å²) in [4.78, 5) is 23.2. The number of nitrogens with one attached hydrogen (secondary N) is 1. The number of hydrogen-bond donors (Lipinski definition) is 2. The van der Waals surface area contributed by atoms with Crippen LogP contribution in [0.2, 0.25) is 0 Å². The first-order valence-corrected chi connectivity index (χ1v) is 7.89. The number of benzene rings is 2. The summed E-state index contributed by atoms with van der Waals surface area (Å²) in [6.45, 7) is 0.288. The fourth-order valence-corrected chi connectivity index (χ4v) is 2.35. The Kier molecular flexibility index (Phi) is 6.41. The first-order valence-electron chi connectivity index (χ1n) is 7.09. The molecular weight excluding hydrogens is 372 g/mol. The van der Waals surface area contributed by atoms with Crippen LogP contribution < -0.4 is 15.8 Å². The van der Waals surface area contributed by atoms with Crippen molar-refractivity contribution in [2.75, 3.05) is 13.2 Å². The van der Waals surface area contributed by atoms with E-state index in [1.165, 1.54) is 0 Å². The molecule has 0 atom stereocenters. The Labute approximate surface area is 148 Å². The summed E-state index contributed by atoms with van der Waals surface area (Å²) in [5.74, 6) is 5.17. The van der Waals surface area contributed by atoms with Crippen LogP contribution in [0.1, 0.15) is 20.7 Å². The predicted molar refractivity (Wildman–Crippen MR) is 94.7 cm³/mol. The third kappa shape index (κ3) is 4.86. The molecule has 0 aliphatic rings. The number of ether oxygens (including phenoxy) is 1. The van der Waals surface area contributed by atoms with Crippen LogP contribution in [0.3, 0.4) is 0 Å². The molecule has 0 saturated heterocycles. The van der Waals surface area contributed by atoms with Crippen molar-refractivity contribution >= 4 is 27.7 Å². The minimum Gasteiger partial charge on any atom is -0.480 e. The molecule has 0 bridgehead atoms. The summed E-state index contributed by atoms with van der Waals surface area (Å²) in [5, 5.41) is 2.70. The number of primary amides is 1. The van der Waals surface area contributed by atoms with Crippen molar-refractivity contribution in [1.29, 1.82) is 0 Å². The molecule has 6 heteroatoms. The van der Waals surface area contributed by atoms with E-state index in [4.69, 9.17) is 10.5 Å². The zero-order chi connectivity index (χ0) is 17.4. The molecule has 0 radical (unpaired) electrons. The number of carbonyl (C=O) groups is 2. The summed E-state index contributed by atoms with van der Waals surface area (Å²) in [6, 6.07) is 13.8. The zero-order valence-electron chi connectivity index (χ0n) is 12.7. The van der Waals surface area contributed by atoms with E-state index < -0.39 is 5.91 Å². The Morgan fingerprint density at radius 3 is 2.42 bits per heavy atom. The molecule has 2 amide bonds. The van der Waals surface area contributed by atoms with Crippen LogP contribution in [0, 0.1) is 11.8 Å². The van der Waals surface area contributed by atoms with Crippen molar-refractivity contribution < 1.29 is 14.3 Å². The second-order valence-corrected chi connectivity index (χ2v) is 5.52. The quantitative estimate of drug-likeness (QED) is 0.773. The van der Waals surface area contributed by atoms with E-state index in [-0.39, 0.29) is 19.1 Å². The molecule has 24 heavy (non-hydrogen) atoms. The van der Waals surface area contributed by atoms with Gasteiger partial charge in [0.15, 0.2) is 0 Å². The van der Waals surface area contributed by atoms with Crippen molar-refractivity contribution in [2.45, 2.75) is 0 Å². The number of para-hydroxylation sites is 1. The highest BCUT2D eigenvalue weighted by Gasteiger charge is 2.08. The fourth-order valence-electron chi connectivity index (χ4n) is 1.89. The summed E-state index contributed by atoms with van der Waals surface area (Å²) in [6.07, 6.45) is 0. The fraction of sp³-hybridized carbons (Fsp3) is 0.111. The van der Waals surface area contributed by atoms with Crippen molar-refractivity contribution in [1.82, 2.24) is 5.32 Å². The van der Waals surface area contributed by atoms with Gasteiger partial charge >= 0.3 is 0 Å². The number of rotatable bonds is 5. The number of carbonyl (C=O) groups excluding carboxylic acids is 2. The lowest BCUT2D eigenvalue weighted by molar-refractivity contribution is 0.0956. The highest BCUT2D eigenvalue weighted by molar-refractivity contribution is 9.10. The lowest BCUT2D eigenvalue weighted by Gasteiger charge is -2.06. The van der Waals surface area contributed by atoms with Gasteiger partial charge in [-0.25, -0.2) is 0 Å². The minimum atomic E-state index is -0.556. The molecule has 0 spiro atoms. The molecule has 0 aromatic heterocycles. The molecule has 0 aliphatic carbocycles. The summed E-state index contributed by atoms with van der Waals surface area (Å²) < 4.78 is 6.14. The number of nitrogens with two attached hydrogens (primary N) is 1. The third-order valence-corrected chi connectivity index (χ3v) is 3.72. The second kappa shape index (κ2) is 8.75. The van der Waals surface area contributed by atoms with Crippen molar-refractivity contribution in [2.24, 2.45) is 5.73 Å². The molecule has 2 aromatic rings. The Hall–Kier alpha value is -2.78. The molecule has 2 aromatic carbocycles. The van der Waals surface area contributed by atoms with Crippen molar-refractivity contribution in [3.05, 3.63) is 64.1 Å². The molecule has 3 N–H and O–H groups in total. The zero-order valence-corrected chi connectivity index (χ0v) is 14.3. The topological polar surface area (TPSA) is 81.4 Å². The van der Waals surface area contributed by atoms with Gasteiger partial charge < -0.3 is 15.8 Å². The molecule has 122 valence electrons. The van der Waals surface area contributed by atoms with Gasteiger partial charge in [-0.3, -0.25) is 9.59 Å². The Balaban J connectivity index is 1.82. The van der Waals surface area contributed by atoms with E-state index in [1.54, 1.807) is 42.5 Å². The normalized spacial score (nSPS) is 9.54. The summed E-state index contributed by atoms with van der Waals surface area (Å²) >= 11 is 3.32. The lowest BCUT2D eigenvalue weighted by atomic mass is 10.2. The van der Waals surface area contributed by atoms with E-state index in [0.29, 0.717) is 16.9 Å². The van der Waals surface area contributed by atoms with Gasteiger partial charge in [-0.15, -0.1) is 0 Å². The van der Waals surface area contributed by atoms with Gasteiger partial charge in [-0.2, -0.15) is 0 Å². The molecule has 0 saturated carbocycles. The molecule has 0 unspecified atom stereocenters. The van der Waals surface area contributed by atoms with Gasteiger partial charge in [0.1, 0.15) is 12.4 Å². The second-order valence-electron chi connectivity index (χ2n) is 4.67. The Morgan fingerprint density at radius 2 is 1.71 bits per heavy atom. The van der Waals surface area contributed by atoms with Gasteiger partial charge in [0.25, 0.3) is 11.8 Å². The molecule has 0 heterocycles. The monoisotopic (exact) mass is 386 g/mol. The molecular formula is C18H15BrN2O3. The SMILES string of the molecule is NC(=O)c1ccccc1OCC#CCNC(=O)c1ccccc1Br. The average Bonchev–Trinajstić information content (AvgIpc) is 2.58. The van der Waals surface area contributed by atoms with E-state index in [1.807, 2.05) is 6.07 Å². The largest absolute Gasteiger partial charge is 0.480 e. The molecule has 5 nitrogen and oxygen atoms in total. The van der Waals surface area contributed by atoms with Crippen molar-refractivity contribution in [3.8, 4) is 17.6 Å². The number of halogens is 1. The molecule has 2 rings (SSSR count). The van der Waals surface area contributed by atoms with Crippen LogP contribution in [0.4, 0.5) is 0 Å². The van der Waals surface area contributed by atoms with E-state index in [2.05, 4.69) is 33.1 Å². The summed E-state index contributed by atoms with van der Waals surface area (Å²) in [5.41, 5.74) is 6.12. The van der Waals surface area contributed by atoms with Crippen LogP contribution in [0.15, 0.2) is 53.0 Å².